The SMILES string of the molecule is CC[C@H](Sc1nnc(-c2ccco2)n1C)C(=O)Nc1nnc(C)s1. The second-order valence-electron chi connectivity index (χ2n) is 4.97. The molecule has 8 nitrogen and oxygen atoms in total. The predicted octanol–water partition coefficient (Wildman–Crippen LogP) is 2.74. The molecule has 0 saturated heterocycles. The zero-order valence-corrected chi connectivity index (χ0v) is 15.0. The number of furan rings is 1. The Morgan fingerprint density at radius 2 is 2.25 bits per heavy atom. The molecule has 0 aromatic carbocycles. The Hall–Kier alpha value is -2.20. The minimum Gasteiger partial charge on any atom is -0.461 e. The van der Waals surface area contributed by atoms with Crippen LogP contribution in [-0.4, -0.2) is 36.1 Å². The number of hydrogen-bond donors (Lipinski definition) is 1. The second kappa shape index (κ2) is 7.14. The molecule has 1 atom stereocenters. The van der Waals surface area contributed by atoms with Gasteiger partial charge in [-0.25, -0.2) is 0 Å². The number of nitrogens with one attached hydrogen (secondary N) is 1. The molecule has 1 N–H and O–H groups in total. The van der Waals surface area contributed by atoms with E-state index in [2.05, 4.69) is 25.7 Å². The van der Waals surface area contributed by atoms with Crippen LogP contribution in [0.25, 0.3) is 11.6 Å². The smallest absolute Gasteiger partial charge is 0.239 e. The van der Waals surface area contributed by atoms with Gasteiger partial charge in [0.15, 0.2) is 16.7 Å². The number of nitrogens with zero attached hydrogens (tertiary/aromatic N) is 5. The number of aryl methyl sites for hydroxylation is 1. The lowest BCUT2D eigenvalue weighted by Gasteiger charge is -2.12. The van der Waals surface area contributed by atoms with Gasteiger partial charge < -0.3 is 8.98 Å². The van der Waals surface area contributed by atoms with Crippen molar-refractivity contribution >= 4 is 34.1 Å². The van der Waals surface area contributed by atoms with Crippen LogP contribution in [0, 0.1) is 6.92 Å². The van der Waals surface area contributed by atoms with E-state index < -0.39 is 0 Å². The normalized spacial score (nSPS) is 12.3. The summed E-state index contributed by atoms with van der Waals surface area (Å²) in [6.45, 7) is 3.79. The molecular formula is C14H16N6O2S2. The van der Waals surface area contributed by atoms with Crippen LogP contribution in [0.15, 0.2) is 28.0 Å². The Morgan fingerprint density at radius 1 is 1.42 bits per heavy atom. The maximum absolute atomic E-state index is 12.4. The number of carbonyl (C=O) groups excluding carboxylic acids is 1. The third-order valence-corrected chi connectivity index (χ3v) is 5.40. The van der Waals surface area contributed by atoms with E-state index >= 15 is 0 Å². The Morgan fingerprint density at radius 3 is 2.88 bits per heavy atom. The zero-order chi connectivity index (χ0) is 17.1. The number of thioether (sulfide) groups is 1. The third-order valence-electron chi connectivity index (χ3n) is 3.24. The highest BCUT2D eigenvalue weighted by molar-refractivity contribution is 8.00. The summed E-state index contributed by atoms with van der Waals surface area (Å²) in [6, 6.07) is 3.61. The van der Waals surface area contributed by atoms with Crippen LogP contribution < -0.4 is 5.32 Å². The fourth-order valence-corrected chi connectivity index (χ4v) is 3.53. The number of rotatable bonds is 6. The number of anilines is 1. The molecule has 0 unspecified atom stereocenters. The van der Waals surface area contributed by atoms with Crippen LogP contribution in [0.1, 0.15) is 18.4 Å². The molecular weight excluding hydrogens is 348 g/mol. The molecule has 3 aromatic rings. The van der Waals surface area contributed by atoms with E-state index in [9.17, 15) is 4.79 Å². The first-order chi connectivity index (χ1) is 11.6. The third kappa shape index (κ3) is 3.49. The van der Waals surface area contributed by atoms with Gasteiger partial charge in [0.1, 0.15) is 5.01 Å². The van der Waals surface area contributed by atoms with E-state index in [0.717, 1.165) is 5.01 Å². The first-order valence-electron chi connectivity index (χ1n) is 7.29. The van der Waals surface area contributed by atoms with Crippen molar-refractivity contribution in [1.82, 2.24) is 25.0 Å². The summed E-state index contributed by atoms with van der Waals surface area (Å²) in [6.07, 6.45) is 2.24. The second-order valence-corrected chi connectivity index (χ2v) is 7.32. The van der Waals surface area contributed by atoms with E-state index in [0.29, 0.717) is 28.3 Å². The topological polar surface area (TPSA) is 98.7 Å². The van der Waals surface area contributed by atoms with Crippen LogP contribution in [0.5, 0.6) is 0 Å². The summed E-state index contributed by atoms with van der Waals surface area (Å²) >= 11 is 2.71. The fourth-order valence-electron chi connectivity index (χ4n) is 2.02. The van der Waals surface area contributed by atoms with Gasteiger partial charge in [-0.2, -0.15) is 0 Å². The predicted molar refractivity (Wildman–Crippen MR) is 91.9 cm³/mol. The maximum Gasteiger partial charge on any atom is 0.239 e. The molecule has 126 valence electrons. The van der Waals surface area contributed by atoms with Crippen molar-refractivity contribution < 1.29 is 9.21 Å². The lowest BCUT2D eigenvalue weighted by molar-refractivity contribution is -0.115. The van der Waals surface area contributed by atoms with Crippen LogP contribution in [0.3, 0.4) is 0 Å². The first-order valence-corrected chi connectivity index (χ1v) is 8.99. The van der Waals surface area contributed by atoms with Gasteiger partial charge >= 0.3 is 0 Å². The maximum atomic E-state index is 12.4. The van der Waals surface area contributed by atoms with E-state index in [4.69, 9.17) is 4.42 Å². The van der Waals surface area contributed by atoms with Crippen molar-refractivity contribution in [3.63, 3.8) is 0 Å². The first kappa shape index (κ1) is 16.7. The van der Waals surface area contributed by atoms with Crippen LogP contribution in [-0.2, 0) is 11.8 Å². The van der Waals surface area contributed by atoms with Gasteiger partial charge in [0.05, 0.1) is 11.5 Å². The minimum atomic E-state index is -0.304. The fraction of sp³-hybridized carbons (Fsp3) is 0.357. The molecule has 0 aliphatic rings. The summed E-state index contributed by atoms with van der Waals surface area (Å²) in [5, 5.41) is 20.6. The molecule has 0 spiro atoms. The van der Waals surface area contributed by atoms with Crippen molar-refractivity contribution in [2.24, 2.45) is 7.05 Å². The Kier molecular flexibility index (Phi) is 4.95. The van der Waals surface area contributed by atoms with Crippen LogP contribution in [0.4, 0.5) is 5.13 Å². The molecule has 0 radical (unpaired) electrons. The summed E-state index contributed by atoms with van der Waals surface area (Å²) in [4.78, 5) is 12.4. The van der Waals surface area contributed by atoms with Crippen molar-refractivity contribution in [1.29, 1.82) is 0 Å². The van der Waals surface area contributed by atoms with Gasteiger partial charge in [-0.1, -0.05) is 30.0 Å². The molecule has 3 heterocycles. The van der Waals surface area contributed by atoms with Gasteiger partial charge in [0, 0.05) is 7.05 Å². The quantitative estimate of drug-likeness (QED) is 0.671. The number of aromatic nitrogens is 5. The van der Waals surface area contributed by atoms with E-state index in [1.807, 2.05) is 31.5 Å². The van der Waals surface area contributed by atoms with E-state index in [1.54, 1.807) is 12.3 Å². The number of amides is 1. The highest BCUT2D eigenvalue weighted by Crippen LogP contribution is 2.28. The van der Waals surface area contributed by atoms with Crippen molar-refractivity contribution in [2.75, 3.05) is 5.32 Å². The van der Waals surface area contributed by atoms with Crippen molar-refractivity contribution in [3.05, 3.63) is 23.4 Å². The standard InChI is InChI=1S/C14H16N6O2S2/c1-4-10(12(21)15-13-18-16-8(2)23-13)24-14-19-17-11(20(14)3)9-6-5-7-22-9/h5-7,10H,4H2,1-3H3,(H,15,18,21)/t10-/m0/s1. The summed E-state index contributed by atoms with van der Waals surface area (Å²) < 4.78 is 7.16. The van der Waals surface area contributed by atoms with Crippen molar-refractivity contribution in [3.8, 4) is 11.6 Å². The molecule has 0 fully saturated rings. The lowest BCUT2D eigenvalue weighted by Crippen LogP contribution is -2.25. The van der Waals surface area contributed by atoms with Gasteiger partial charge in [-0.15, -0.1) is 20.4 Å². The van der Waals surface area contributed by atoms with Gasteiger partial charge in [0.25, 0.3) is 0 Å². The van der Waals surface area contributed by atoms with Gasteiger partial charge in [-0.05, 0) is 25.5 Å². The lowest BCUT2D eigenvalue weighted by atomic mass is 10.3. The molecule has 0 aliphatic heterocycles. The Balaban J connectivity index is 1.72. The largest absolute Gasteiger partial charge is 0.461 e. The molecule has 10 heteroatoms. The number of carbonyl (C=O) groups is 1. The monoisotopic (exact) mass is 364 g/mol. The molecule has 24 heavy (non-hydrogen) atoms. The van der Waals surface area contributed by atoms with Crippen molar-refractivity contribution in [2.45, 2.75) is 30.7 Å². The summed E-state index contributed by atoms with van der Waals surface area (Å²) in [5.74, 6) is 1.14. The molecule has 3 aromatic heterocycles. The van der Waals surface area contributed by atoms with Crippen LogP contribution >= 0.6 is 23.1 Å². The zero-order valence-electron chi connectivity index (χ0n) is 13.4. The van der Waals surface area contributed by atoms with Crippen LogP contribution in [0.2, 0.25) is 0 Å². The minimum absolute atomic E-state index is 0.124. The van der Waals surface area contributed by atoms with E-state index in [-0.39, 0.29) is 11.2 Å². The highest BCUT2D eigenvalue weighted by Gasteiger charge is 2.23. The van der Waals surface area contributed by atoms with Gasteiger partial charge in [0.2, 0.25) is 11.0 Å². The Labute approximate surface area is 146 Å². The molecule has 1 amide bonds. The highest BCUT2D eigenvalue weighted by atomic mass is 32.2. The van der Waals surface area contributed by atoms with E-state index in [1.165, 1.54) is 23.1 Å². The average molecular weight is 364 g/mol. The number of hydrogen-bond acceptors (Lipinski definition) is 8. The summed E-state index contributed by atoms with van der Waals surface area (Å²) in [5.41, 5.74) is 0. The average Bonchev–Trinajstić information content (AvgIpc) is 3.28. The Bertz CT molecular complexity index is 826. The molecule has 3 rings (SSSR count). The molecule has 0 bridgehead atoms. The molecule has 0 aliphatic carbocycles. The summed E-state index contributed by atoms with van der Waals surface area (Å²) in [7, 11) is 1.85. The molecule has 0 saturated carbocycles. The van der Waals surface area contributed by atoms with Gasteiger partial charge in [-0.3, -0.25) is 10.1 Å².